The van der Waals surface area contributed by atoms with Gasteiger partial charge in [0, 0.05) is 18.7 Å². The minimum Gasteiger partial charge on any atom is -0.394 e. The van der Waals surface area contributed by atoms with Crippen LogP contribution in [0.25, 0.3) is 0 Å². The Hall–Kier alpha value is -1.69. The van der Waals surface area contributed by atoms with E-state index in [1.807, 2.05) is 0 Å². The third-order valence-electron chi connectivity index (χ3n) is 3.29. The van der Waals surface area contributed by atoms with Crippen molar-refractivity contribution in [3.63, 3.8) is 0 Å². The molecule has 0 aliphatic carbocycles. The first-order valence-electron chi connectivity index (χ1n) is 6.21. The van der Waals surface area contributed by atoms with Crippen LogP contribution in [0.4, 0.5) is 13.6 Å². The van der Waals surface area contributed by atoms with E-state index in [9.17, 15) is 13.6 Å². The van der Waals surface area contributed by atoms with Gasteiger partial charge in [0.15, 0.2) is 0 Å². The maximum atomic E-state index is 13.4. The van der Waals surface area contributed by atoms with Crippen LogP contribution in [0.5, 0.6) is 0 Å². The molecule has 104 valence electrons. The highest BCUT2D eigenvalue weighted by Gasteiger charge is 2.27. The van der Waals surface area contributed by atoms with E-state index in [0.717, 1.165) is 31.0 Å². The molecule has 4 nitrogen and oxygen atoms in total. The lowest BCUT2D eigenvalue weighted by molar-refractivity contribution is 0.157. The zero-order chi connectivity index (χ0) is 13.8. The van der Waals surface area contributed by atoms with Crippen molar-refractivity contribution >= 4 is 6.03 Å². The van der Waals surface area contributed by atoms with Crippen molar-refractivity contribution in [3.05, 3.63) is 35.4 Å². The molecule has 19 heavy (non-hydrogen) atoms. The molecule has 1 saturated heterocycles. The van der Waals surface area contributed by atoms with Crippen molar-refractivity contribution in [1.82, 2.24) is 10.2 Å². The molecule has 2 N–H and O–H groups in total. The summed E-state index contributed by atoms with van der Waals surface area (Å²) in [4.78, 5) is 13.4. The number of carbonyl (C=O) groups excluding carboxylic acids is 1. The van der Waals surface area contributed by atoms with E-state index in [0.29, 0.717) is 6.54 Å². The van der Waals surface area contributed by atoms with Crippen molar-refractivity contribution in [2.75, 3.05) is 13.2 Å². The molecule has 1 aromatic carbocycles. The highest BCUT2D eigenvalue weighted by Crippen LogP contribution is 2.17. The van der Waals surface area contributed by atoms with Crippen LogP contribution in [0.2, 0.25) is 0 Å². The molecule has 0 radical (unpaired) electrons. The van der Waals surface area contributed by atoms with E-state index in [-0.39, 0.29) is 30.8 Å². The molecule has 0 spiro atoms. The molecule has 1 heterocycles. The number of aliphatic hydroxyl groups is 1. The lowest BCUT2D eigenvalue weighted by Gasteiger charge is -2.23. The van der Waals surface area contributed by atoms with Gasteiger partial charge in [0.2, 0.25) is 0 Å². The number of aliphatic hydroxyl groups excluding tert-OH is 1. The Bertz CT molecular complexity index is 468. The first-order valence-corrected chi connectivity index (χ1v) is 6.21. The van der Waals surface area contributed by atoms with Crippen LogP contribution in [0.3, 0.4) is 0 Å². The molecule has 1 fully saturated rings. The Balaban J connectivity index is 1.95. The maximum Gasteiger partial charge on any atom is 0.317 e. The molecule has 1 aliphatic rings. The largest absolute Gasteiger partial charge is 0.394 e. The van der Waals surface area contributed by atoms with Crippen LogP contribution < -0.4 is 5.32 Å². The number of urea groups is 1. The molecule has 1 unspecified atom stereocenters. The normalized spacial score (nSPS) is 18.7. The second kappa shape index (κ2) is 5.97. The predicted octanol–water partition coefficient (Wildman–Crippen LogP) is 1.63. The van der Waals surface area contributed by atoms with E-state index in [1.54, 1.807) is 0 Å². The number of amides is 2. The van der Waals surface area contributed by atoms with Gasteiger partial charge in [-0.3, -0.25) is 0 Å². The summed E-state index contributed by atoms with van der Waals surface area (Å²) in [7, 11) is 0. The summed E-state index contributed by atoms with van der Waals surface area (Å²) in [5, 5.41) is 11.7. The minimum absolute atomic E-state index is 0.0723. The van der Waals surface area contributed by atoms with Gasteiger partial charge in [-0.05, 0) is 31.0 Å². The maximum absolute atomic E-state index is 13.4. The number of nitrogens with zero attached hydrogens (tertiary/aromatic N) is 1. The molecule has 0 bridgehead atoms. The van der Waals surface area contributed by atoms with E-state index < -0.39 is 11.6 Å². The van der Waals surface area contributed by atoms with Gasteiger partial charge in [-0.15, -0.1) is 0 Å². The molecule has 1 aromatic rings. The zero-order valence-electron chi connectivity index (χ0n) is 10.4. The summed E-state index contributed by atoms with van der Waals surface area (Å²) in [5.74, 6) is -1.10. The van der Waals surface area contributed by atoms with Crippen LogP contribution in [-0.4, -0.2) is 35.2 Å². The summed E-state index contributed by atoms with van der Waals surface area (Å²) in [5.41, 5.74) is 0.105. The average Bonchev–Trinajstić information content (AvgIpc) is 2.88. The molecule has 1 aliphatic heterocycles. The average molecular weight is 270 g/mol. The molecule has 0 saturated carbocycles. The van der Waals surface area contributed by atoms with E-state index >= 15 is 0 Å². The van der Waals surface area contributed by atoms with Crippen molar-refractivity contribution in [2.24, 2.45) is 0 Å². The number of hydrogen-bond donors (Lipinski definition) is 2. The van der Waals surface area contributed by atoms with Gasteiger partial charge in [-0.2, -0.15) is 0 Å². The van der Waals surface area contributed by atoms with Crippen molar-refractivity contribution in [3.8, 4) is 0 Å². The molecule has 1 atom stereocenters. The fraction of sp³-hybridized carbons (Fsp3) is 0.462. The highest BCUT2D eigenvalue weighted by atomic mass is 19.1. The Morgan fingerprint density at radius 2 is 2.26 bits per heavy atom. The number of nitrogens with one attached hydrogen (secondary N) is 1. The molecule has 0 aromatic heterocycles. The predicted molar refractivity (Wildman–Crippen MR) is 65.4 cm³/mol. The SMILES string of the molecule is O=C(NCc1cc(F)ccc1F)N1CCCC1CO. The molecule has 2 rings (SSSR count). The lowest BCUT2D eigenvalue weighted by atomic mass is 10.2. The number of carbonyl (C=O) groups is 1. The third-order valence-corrected chi connectivity index (χ3v) is 3.29. The van der Waals surface area contributed by atoms with Crippen LogP contribution in [0.15, 0.2) is 18.2 Å². The van der Waals surface area contributed by atoms with Crippen LogP contribution in [0.1, 0.15) is 18.4 Å². The monoisotopic (exact) mass is 270 g/mol. The summed E-state index contributed by atoms with van der Waals surface area (Å²) in [6, 6.07) is 2.58. The van der Waals surface area contributed by atoms with Gasteiger partial charge in [-0.25, -0.2) is 13.6 Å². The topological polar surface area (TPSA) is 52.6 Å². The first-order chi connectivity index (χ1) is 9.11. The van der Waals surface area contributed by atoms with E-state index in [2.05, 4.69) is 5.32 Å². The van der Waals surface area contributed by atoms with Crippen molar-refractivity contribution in [1.29, 1.82) is 0 Å². The molecule has 6 heteroatoms. The molecular weight excluding hydrogens is 254 g/mol. The summed E-state index contributed by atoms with van der Waals surface area (Å²) >= 11 is 0. The number of likely N-dealkylation sites (tertiary alicyclic amines) is 1. The summed E-state index contributed by atoms with van der Waals surface area (Å²) in [6.07, 6.45) is 1.60. The number of halogens is 2. The van der Waals surface area contributed by atoms with Crippen LogP contribution in [-0.2, 0) is 6.54 Å². The van der Waals surface area contributed by atoms with Crippen molar-refractivity contribution in [2.45, 2.75) is 25.4 Å². The Kier molecular flexibility index (Phi) is 4.31. The fourth-order valence-electron chi connectivity index (χ4n) is 2.24. The van der Waals surface area contributed by atoms with Crippen LogP contribution >= 0.6 is 0 Å². The molecular formula is C13H16F2N2O2. The fourth-order valence-corrected chi connectivity index (χ4v) is 2.24. The smallest absolute Gasteiger partial charge is 0.317 e. The Labute approximate surface area is 110 Å². The summed E-state index contributed by atoms with van der Waals surface area (Å²) < 4.78 is 26.3. The van der Waals surface area contributed by atoms with Gasteiger partial charge < -0.3 is 15.3 Å². The number of benzene rings is 1. The van der Waals surface area contributed by atoms with E-state index in [4.69, 9.17) is 5.11 Å². The second-order valence-electron chi connectivity index (χ2n) is 4.57. The molecule has 2 amide bonds. The number of rotatable bonds is 3. The second-order valence-corrected chi connectivity index (χ2v) is 4.57. The van der Waals surface area contributed by atoms with Crippen molar-refractivity contribution < 1.29 is 18.7 Å². The highest BCUT2D eigenvalue weighted by molar-refractivity contribution is 5.74. The zero-order valence-corrected chi connectivity index (χ0v) is 10.4. The quantitative estimate of drug-likeness (QED) is 0.877. The number of hydrogen-bond acceptors (Lipinski definition) is 2. The minimum atomic E-state index is -0.554. The lowest BCUT2D eigenvalue weighted by Crippen LogP contribution is -2.43. The van der Waals surface area contributed by atoms with Gasteiger partial charge in [0.1, 0.15) is 11.6 Å². The summed E-state index contributed by atoms with van der Waals surface area (Å²) in [6.45, 7) is 0.418. The first kappa shape index (κ1) is 13.7. The van der Waals surface area contributed by atoms with Crippen LogP contribution in [0, 0.1) is 11.6 Å². The Morgan fingerprint density at radius 3 is 3.00 bits per heavy atom. The van der Waals surface area contributed by atoms with Gasteiger partial charge >= 0.3 is 6.03 Å². The van der Waals surface area contributed by atoms with E-state index in [1.165, 1.54) is 4.90 Å². The third kappa shape index (κ3) is 3.20. The van der Waals surface area contributed by atoms with Gasteiger partial charge in [-0.1, -0.05) is 0 Å². The van der Waals surface area contributed by atoms with Gasteiger partial charge in [0.25, 0.3) is 0 Å². The van der Waals surface area contributed by atoms with Gasteiger partial charge in [0.05, 0.1) is 12.6 Å². The Morgan fingerprint density at radius 1 is 1.47 bits per heavy atom. The standard InChI is InChI=1S/C13H16F2N2O2/c14-10-3-4-12(15)9(6-10)7-16-13(19)17-5-1-2-11(17)8-18/h3-4,6,11,18H,1-2,5,7-8H2,(H,16,19).